The average molecular weight is 573 g/mol. The summed E-state index contributed by atoms with van der Waals surface area (Å²) < 4.78 is 13.4. The van der Waals surface area contributed by atoms with Gasteiger partial charge in [-0.3, -0.25) is 4.79 Å². The highest BCUT2D eigenvalue weighted by Crippen LogP contribution is 2.46. The van der Waals surface area contributed by atoms with Crippen LogP contribution >= 0.6 is 0 Å². The van der Waals surface area contributed by atoms with Crippen molar-refractivity contribution in [3.63, 3.8) is 0 Å². The van der Waals surface area contributed by atoms with Gasteiger partial charge in [-0.2, -0.15) is 0 Å². The van der Waals surface area contributed by atoms with E-state index in [9.17, 15) is 14.6 Å². The molecule has 3 atom stereocenters. The van der Waals surface area contributed by atoms with Gasteiger partial charge in [-0.1, -0.05) is 11.6 Å². The van der Waals surface area contributed by atoms with Crippen molar-refractivity contribution < 1.29 is 23.9 Å². The first-order valence-electron chi connectivity index (χ1n) is 14.0. The second-order valence-corrected chi connectivity index (χ2v) is 10.8. The average Bonchev–Trinajstić information content (AvgIpc) is 3.38. The van der Waals surface area contributed by atoms with Crippen molar-refractivity contribution in [1.29, 1.82) is 0 Å². The smallest absolute Gasteiger partial charge is 0.281 e. The normalized spacial score (nSPS) is 24.2. The highest BCUT2D eigenvalue weighted by atomic mass is 16.5. The van der Waals surface area contributed by atoms with Crippen molar-refractivity contribution >= 4 is 23.0 Å². The molecule has 2 unspecified atom stereocenters. The Labute approximate surface area is 242 Å². The molecule has 1 amide bonds. The zero-order valence-corrected chi connectivity index (χ0v) is 23.2. The summed E-state index contributed by atoms with van der Waals surface area (Å²) in [5, 5.41) is 11.5. The zero-order chi connectivity index (χ0) is 29.0. The number of aryl methyl sites for hydroxylation is 1. The summed E-state index contributed by atoms with van der Waals surface area (Å²) in [5.41, 5.74) is 4.01. The van der Waals surface area contributed by atoms with E-state index in [2.05, 4.69) is 27.4 Å². The van der Waals surface area contributed by atoms with Crippen molar-refractivity contribution in [2.45, 2.75) is 25.3 Å². The third kappa shape index (κ3) is 4.46. The number of hydrazine groups is 1. The zero-order valence-electron chi connectivity index (χ0n) is 23.2. The van der Waals surface area contributed by atoms with E-state index in [-0.39, 0.29) is 37.6 Å². The van der Waals surface area contributed by atoms with Crippen molar-refractivity contribution in [3.05, 3.63) is 88.0 Å². The minimum Gasteiger partial charge on any atom is -0.488 e. The van der Waals surface area contributed by atoms with Crippen LogP contribution in [-0.2, 0) is 4.79 Å². The van der Waals surface area contributed by atoms with Gasteiger partial charge in [-0.25, -0.2) is 10.6 Å². The monoisotopic (exact) mass is 572 g/mol. The number of allylic oxidation sites excluding steroid dienone is 1. The Morgan fingerprint density at radius 2 is 2.07 bits per heavy atom. The van der Waals surface area contributed by atoms with Crippen LogP contribution in [0.3, 0.4) is 0 Å². The van der Waals surface area contributed by atoms with E-state index in [1.165, 1.54) is 6.08 Å². The van der Waals surface area contributed by atoms with E-state index in [1.54, 1.807) is 22.2 Å². The van der Waals surface area contributed by atoms with E-state index in [1.807, 2.05) is 43.3 Å². The van der Waals surface area contributed by atoms with Gasteiger partial charge >= 0.3 is 0 Å². The molecule has 7 rings (SSSR count). The Bertz CT molecular complexity index is 1570. The molecule has 13 heteroatoms. The van der Waals surface area contributed by atoms with E-state index < -0.39 is 0 Å². The van der Waals surface area contributed by atoms with Crippen LogP contribution in [0.15, 0.2) is 67.1 Å². The second-order valence-electron chi connectivity index (χ2n) is 10.8. The Hall–Kier alpha value is -4.75. The Kier molecular flexibility index (Phi) is 6.39. The third-order valence-electron chi connectivity index (χ3n) is 8.25. The number of anilines is 2. The van der Waals surface area contributed by atoms with Crippen LogP contribution in [0.25, 0.3) is 0 Å². The molecule has 0 bridgehead atoms. The topological polar surface area (TPSA) is 122 Å². The van der Waals surface area contributed by atoms with Gasteiger partial charge in [0.2, 0.25) is 5.91 Å². The summed E-state index contributed by atoms with van der Waals surface area (Å²) in [7, 11) is 0. The van der Waals surface area contributed by atoms with E-state index in [4.69, 9.17) is 9.47 Å². The summed E-state index contributed by atoms with van der Waals surface area (Å²) in [5.74, 6) is 1.95. The molecule has 0 radical (unpaired) electrons. The first-order chi connectivity index (χ1) is 20.4. The summed E-state index contributed by atoms with van der Waals surface area (Å²) in [4.78, 5) is 41.7. The van der Waals surface area contributed by atoms with Crippen molar-refractivity contribution in [2.75, 3.05) is 49.8 Å². The summed E-state index contributed by atoms with van der Waals surface area (Å²) in [6.45, 7) is 8.16. The van der Waals surface area contributed by atoms with E-state index in [0.717, 1.165) is 32.1 Å². The molecule has 13 nitrogen and oxygen atoms in total. The molecule has 3 N–H and O–H groups in total. The number of amides is 1. The summed E-state index contributed by atoms with van der Waals surface area (Å²) in [6, 6.07) is 9.64. The molecule has 5 heterocycles. The van der Waals surface area contributed by atoms with Gasteiger partial charge in [-0.05, 0) is 42.8 Å². The summed E-state index contributed by atoms with van der Waals surface area (Å²) in [6.07, 6.45) is 6.08. The number of fused-ring (bicyclic) bond motifs is 6. The number of hydrogen-bond acceptors (Lipinski definition) is 9. The standard InChI is InChI=1S/C29H32N8O5/c1-3-26(38)33-10-11-34-20(14-33)15-41-28-23(34)6-5-22-27(28)29(31-16-36(22)39)32-19-4-7-24(18(2)12-19)42-21-8-9-35-25(13-21)30-17-37(35)40/h3-9,12-13,20,25,29-32H,1,10-11,14-17H2,2H3/q+2/t20-,25?,29?/m1/s1. The molecule has 42 heavy (non-hydrogen) atoms. The maximum Gasteiger partial charge on any atom is 0.281 e. The van der Waals surface area contributed by atoms with Gasteiger partial charge in [-0.15, -0.1) is 0 Å². The predicted octanol–water partition coefficient (Wildman–Crippen LogP) is 2.35. The van der Waals surface area contributed by atoms with Crippen LogP contribution in [0.4, 0.5) is 17.1 Å². The Morgan fingerprint density at radius 3 is 2.90 bits per heavy atom. The summed E-state index contributed by atoms with van der Waals surface area (Å²) >= 11 is 0. The van der Waals surface area contributed by atoms with Gasteiger partial charge in [0.25, 0.3) is 19.0 Å². The van der Waals surface area contributed by atoms with Crippen LogP contribution in [0, 0.1) is 16.7 Å². The van der Waals surface area contributed by atoms with Crippen molar-refractivity contribution in [2.24, 2.45) is 0 Å². The first-order valence-corrected chi connectivity index (χ1v) is 14.0. The number of carbonyl (C=O) groups excluding carboxylic acids is 1. The lowest BCUT2D eigenvalue weighted by Gasteiger charge is -2.46. The lowest BCUT2D eigenvalue weighted by molar-refractivity contribution is -0.675. The van der Waals surface area contributed by atoms with Gasteiger partial charge < -0.3 is 24.6 Å². The molecule has 0 saturated carbocycles. The van der Waals surface area contributed by atoms with Crippen molar-refractivity contribution in [1.82, 2.24) is 20.5 Å². The minimum atomic E-state index is -0.370. The van der Waals surface area contributed by atoms with E-state index >= 15 is 0 Å². The van der Waals surface area contributed by atoms with Gasteiger partial charge in [0, 0.05) is 48.4 Å². The molecule has 0 aromatic heterocycles. The lowest BCUT2D eigenvalue weighted by Crippen LogP contribution is -2.58. The van der Waals surface area contributed by atoms with Crippen LogP contribution in [0.5, 0.6) is 11.5 Å². The largest absolute Gasteiger partial charge is 0.488 e. The SMILES string of the molecule is C=CC(=O)N1CCN2c3ccc4c(c3OC[C@H]2C1)C(Nc1ccc(OC2=CC3NC[N+](=O)N3C=C2)c(C)c1)NC[N+]4=O. The number of benzene rings is 2. The molecule has 2 saturated heterocycles. The number of nitroso groups, excluding NO2 is 2. The highest BCUT2D eigenvalue weighted by Gasteiger charge is 2.42. The number of carbonyl (C=O) groups is 1. The number of rotatable bonds is 5. The molecule has 2 aromatic carbocycles. The molecular formula is C29H32N8O5+2. The lowest BCUT2D eigenvalue weighted by atomic mass is 10.0. The van der Waals surface area contributed by atoms with Gasteiger partial charge in [0.1, 0.15) is 34.7 Å². The number of ether oxygens (including phenoxy) is 2. The minimum absolute atomic E-state index is 0.0237. The Balaban J connectivity index is 1.11. The fourth-order valence-electron chi connectivity index (χ4n) is 6.12. The molecule has 2 aromatic rings. The molecule has 2 fully saturated rings. The second kappa shape index (κ2) is 10.3. The number of piperazine rings is 1. The predicted molar refractivity (Wildman–Crippen MR) is 154 cm³/mol. The number of nitrogens with zero attached hydrogens (tertiary/aromatic N) is 5. The molecule has 0 aliphatic carbocycles. The van der Waals surface area contributed by atoms with Gasteiger partial charge in [0.15, 0.2) is 11.9 Å². The van der Waals surface area contributed by atoms with Crippen LogP contribution < -0.4 is 30.3 Å². The van der Waals surface area contributed by atoms with Gasteiger partial charge in [0.05, 0.1) is 27.6 Å². The van der Waals surface area contributed by atoms with Crippen LogP contribution in [0.2, 0.25) is 0 Å². The third-order valence-corrected chi connectivity index (χ3v) is 8.25. The van der Waals surface area contributed by atoms with Crippen LogP contribution in [0.1, 0.15) is 17.3 Å². The highest BCUT2D eigenvalue weighted by molar-refractivity contribution is 5.87. The number of nitrogens with one attached hydrogen (secondary N) is 3. The molecule has 0 spiro atoms. The van der Waals surface area contributed by atoms with Crippen molar-refractivity contribution in [3.8, 4) is 11.5 Å². The maximum atomic E-state index is 12.8. The molecular weight excluding hydrogens is 540 g/mol. The molecule has 5 aliphatic rings. The maximum absolute atomic E-state index is 12.8. The fourth-order valence-corrected chi connectivity index (χ4v) is 6.12. The first kappa shape index (κ1) is 26.2. The van der Waals surface area contributed by atoms with Crippen LogP contribution in [-0.4, -0.2) is 77.2 Å². The number of hydrogen-bond donors (Lipinski definition) is 3. The molecule has 5 aliphatic heterocycles. The Morgan fingerprint density at radius 1 is 1.19 bits per heavy atom. The quantitative estimate of drug-likeness (QED) is 0.364. The van der Waals surface area contributed by atoms with E-state index in [0.29, 0.717) is 49.2 Å². The molecule has 216 valence electrons. The fraction of sp³-hybridized carbons (Fsp3) is 0.345.